The summed E-state index contributed by atoms with van der Waals surface area (Å²) in [6, 6.07) is 13.9. The average molecular weight is 350 g/mol. The summed E-state index contributed by atoms with van der Waals surface area (Å²) in [6.45, 7) is 3.98. The fourth-order valence-corrected chi connectivity index (χ4v) is 3.19. The first-order valence-corrected chi connectivity index (χ1v) is 8.87. The molecule has 0 spiro atoms. The van der Waals surface area contributed by atoms with Crippen LogP contribution in [0.2, 0.25) is 0 Å². The normalized spacial score (nSPS) is 14.7. The first-order valence-electron chi connectivity index (χ1n) is 8.87. The third-order valence-electron chi connectivity index (χ3n) is 4.53. The number of hydrogen-bond acceptors (Lipinski definition) is 7. The van der Waals surface area contributed by atoms with Crippen molar-refractivity contribution in [1.82, 2.24) is 15.0 Å². The number of anilines is 3. The maximum atomic E-state index is 9.13. The molecule has 1 fully saturated rings. The summed E-state index contributed by atoms with van der Waals surface area (Å²) in [6.07, 6.45) is 1.83. The minimum atomic E-state index is 0.0659. The number of fused-ring (bicyclic) bond motifs is 1. The van der Waals surface area contributed by atoms with E-state index < -0.39 is 0 Å². The van der Waals surface area contributed by atoms with Gasteiger partial charge in [-0.05, 0) is 24.3 Å². The number of aliphatic hydroxyl groups excluding tert-OH is 1. The Morgan fingerprint density at radius 2 is 1.69 bits per heavy atom. The van der Waals surface area contributed by atoms with Crippen LogP contribution in [-0.2, 0) is 0 Å². The Morgan fingerprint density at radius 1 is 0.923 bits per heavy atom. The Bertz CT molecular complexity index is 864. The molecule has 7 heteroatoms. The van der Waals surface area contributed by atoms with Crippen LogP contribution in [0.3, 0.4) is 0 Å². The van der Waals surface area contributed by atoms with E-state index in [9.17, 15) is 0 Å². The van der Waals surface area contributed by atoms with E-state index in [1.807, 2.05) is 48.7 Å². The number of hydrogen-bond donors (Lipinski definition) is 2. The van der Waals surface area contributed by atoms with Crippen LogP contribution >= 0.6 is 0 Å². The third-order valence-corrected chi connectivity index (χ3v) is 4.53. The molecule has 7 nitrogen and oxygen atoms in total. The van der Waals surface area contributed by atoms with Crippen LogP contribution in [0.25, 0.3) is 10.9 Å². The highest BCUT2D eigenvalue weighted by atomic mass is 16.3. The number of nitrogens with one attached hydrogen (secondary N) is 1. The Kier molecular flexibility index (Phi) is 4.79. The molecule has 0 aliphatic carbocycles. The minimum absolute atomic E-state index is 0.0659. The van der Waals surface area contributed by atoms with Gasteiger partial charge >= 0.3 is 0 Å². The van der Waals surface area contributed by atoms with Crippen LogP contribution in [0.5, 0.6) is 0 Å². The highest BCUT2D eigenvalue weighted by Crippen LogP contribution is 2.24. The summed E-state index contributed by atoms with van der Waals surface area (Å²) in [4.78, 5) is 18.4. The highest BCUT2D eigenvalue weighted by molar-refractivity contribution is 5.90. The molecular weight excluding hydrogens is 328 g/mol. The van der Waals surface area contributed by atoms with Crippen LogP contribution in [0.1, 0.15) is 0 Å². The van der Waals surface area contributed by atoms with Gasteiger partial charge in [0.05, 0.1) is 12.1 Å². The smallest absolute Gasteiger partial charge is 0.228 e. The molecule has 1 aliphatic heterocycles. The molecule has 26 heavy (non-hydrogen) atoms. The number of para-hydroxylation sites is 1. The van der Waals surface area contributed by atoms with E-state index in [1.165, 1.54) is 0 Å². The molecule has 0 bridgehead atoms. The molecule has 3 aromatic rings. The van der Waals surface area contributed by atoms with Gasteiger partial charge in [-0.1, -0.05) is 18.2 Å². The maximum absolute atomic E-state index is 9.13. The van der Waals surface area contributed by atoms with E-state index in [0.717, 1.165) is 54.7 Å². The van der Waals surface area contributed by atoms with Gasteiger partial charge < -0.3 is 20.2 Å². The number of rotatable bonds is 5. The molecule has 2 N–H and O–H groups in total. The molecule has 0 radical (unpaired) electrons. The van der Waals surface area contributed by atoms with Gasteiger partial charge in [-0.3, -0.25) is 0 Å². The van der Waals surface area contributed by atoms with Crippen molar-refractivity contribution in [3.63, 3.8) is 0 Å². The van der Waals surface area contributed by atoms with Gasteiger partial charge in [-0.2, -0.15) is 4.98 Å². The Balaban J connectivity index is 1.55. The Labute approximate surface area is 152 Å². The molecule has 1 saturated heterocycles. The zero-order chi connectivity index (χ0) is 17.8. The Morgan fingerprint density at radius 3 is 2.46 bits per heavy atom. The number of nitrogens with zero attached hydrogens (tertiary/aromatic N) is 5. The first kappa shape index (κ1) is 16.5. The zero-order valence-electron chi connectivity index (χ0n) is 14.5. The van der Waals surface area contributed by atoms with E-state index in [-0.39, 0.29) is 6.61 Å². The van der Waals surface area contributed by atoms with Gasteiger partial charge in [0.15, 0.2) is 0 Å². The highest BCUT2D eigenvalue weighted by Gasteiger charge is 2.21. The fourth-order valence-electron chi connectivity index (χ4n) is 3.19. The van der Waals surface area contributed by atoms with Crippen molar-refractivity contribution in [1.29, 1.82) is 0 Å². The lowest BCUT2D eigenvalue weighted by Gasteiger charge is -2.35. The number of piperazine rings is 1. The molecule has 1 aliphatic rings. The number of benzene rings is 1. The van der Waals surface area contributed by atoms with Gasteiger partial charge in [0.25, 0.3) is 0 Å². The number of pyridine rings is 1. The standard InChI is InChI=1S/C19H22N6O/c26-14-9-21-18-15-5-1-2-6-16(15)22-19(23-18)25-12-10-24(11-13-25)17-7-3-4-8-20-17/h1-8,26H,9-14H2,(H,21,22,23). The lowest BCUT2D eigenvalue weighted by molar-refractivity contribution is 0.311. The average Bonchev–Trinajstić information content (AvgIpc) is 2.72. The summed E-state index contributed by atoms with van der Waals surface area (Å²) in [5.74, 6) is 2.51. The van der Waals surface area contributed by atoms with Gasteiger partial charge in [-0.15, -0.1) is 0 Å². The molecule has 1 aromatic carbocycles. The van der Waals surface area contributed by atoms with E-state index in [2.05, 4.69) is 20.1 Å². The van der Waals surface area contributed by atoms with Crippen LogP contribution in [0, 0.1) is 0 Å². The number of aliphatic hydroxyl groups is 1. The lowest BCUT2D eigenvalue weighted by Crippen LogP contribution is -2.47. The predicted molar refractivity (Wildman–Crippen MR) is 104 cm³/mol. The molecule has 4 rings (SSSR count). The molecule has 0 amide bonds. The predicted octanol–water partition coefficient (Wildman–Crippen LogP) is 1.76. The molecule has 134 valence electrons. The van der Waals surface area contributed by atoms with Crippen LogP contribution in [0.4, 0.5) is 17.6 Å². The number of aromatic nitrogens is 3. The van der Waals surface area contributed by atoms with E-state index in [0.29, 0.717) is 6.54 Å². The van der Waals surface area contributed by atoms with E-state index >= 15 is 0 Å². The van der Waals surface area contributed by atoms with Gasteiger partial charge in [-0.25, -0.2) is 9.97 Å². The second-order valence-electron chi connectivity index (χ2n) is 6.20. The van der Waals surface area contributed by atoms with Crippen molar-refractivity contribution in [2.45, 2.75) is 0 Å². The Hall–Kier alpha value is -2.93. The fraction of sp³-hybridized carbons (Fsp3) is 0.316. The summed E-state index contributed by atoms with van der Waals surface area (Å²) >= 11 is 0. The van der Waals surface area contributed by atoms with E-state index in [1.54, 1.807) is 0 Å². The largest absolute Gasteiger partial charge is 0.395 e. The second-order valence-corrected chi connectivity index (χ2v) is 6.20. The van der Waals surface area contributed by atoms with Crippen molar-refractivity contribution in [2.24, 2.45) is 0 Å². The molecule has 0 saturated carbocycles. The monoisotopic (exact) mass is 350 g/mol. The summed E-state index contributed by atoms with van der Waals surface area (Å²) in [5.41, 5.74) is 0.907. The molecule has 3 heterocycles. The van der Waals surface area contributed by atoms with Gasteiger partial charge in [0.2, 0.25) is 5.95 Å². The summed E-state index contributed by atoms with van der Waals surface area (Å²) in [5, 5.41) is 13.3. The van der Waals surface area contributed by atoms with Crippen LogP contribution in [-0.4, -0.2) is 59.4 Å². The molecule has 0 atom stereocenters. The van der Waals surface area contributed by atoms with Gasteiger partial charge in [0.1, 0.15) is 11.6 Å². The minimum Gasteiger partial charge on any atom is -0.395 e. The SMILES string of the molecule is OCCNc1nc(N2CCN(c3ccccn3)CC2)nc2ccccc12. The summed E-state index contributed by atoms with van der Waals surface area (Å²) in [7, 11) is 0. The summed E-state index contributed by atoms with van der Waals surface area (Å²) < 4.78 is 0. The third kappa shape index (κ3) is 3.39. The van der Waals surface area contributed by atoms with Crippen molar-refractivity contribution < 1.29 is 5.11 Å². The first-order chi connectivity index (χ1) is 12.8. The van der Waals surface area contributed by atoms with Crippen molar-refractivity contribution in [3.8, 4) is 0 Å². The van der Waals surface area contributed by atoms with Gasteiger partial charge in [0, 0.05) is 44.3 Å². The molecular formula is C19H22N6O. The van der Waals surface area contributed by atoms with Crippen LogP contribution < -0.4 is 15.1 Å². The second kappa shape index (κ2) is 7.53. The van der Waals surface area contributed by atoms with Crippen molar-refractivity contribution in [3.05, 3.63) is 48.7 Å². The maximum Gasteiger partial charge on any atom is 0.228 e. The lowest BCUT2D eigenvalue weighted by atomic mass is 10.2. The van der Waals surface area contributed by atoms with Crippen molar-refractivity contribution >= 4 is 28.5 Å². The van der Waals surface area contributed by atoms with Crippen molar-refractivity contribution in [2.75, 3.05) is 54.4 Å². The topological polar surface area (TPSA) is 77.4 Å². The zero-order valence-corrected chi connectivity index (χ0v) is 14.5. The van der Waals surface area contributed by atoms with Crippen LogP contribution in [0.15, 0.2) is 48.7 Å². The quantitative estimate of drug-likeness (QED) is 0.726. The molecule has 0 unspecified atom stereocenters. The van der Waals surface area contributed by atoms with E-state index in [4.69, 9.17) is 15.1 Å². The molecule has 2 aromatic heterocycles.